The van der Waals surface area contributed by atoms with Gasteiger partial charge in [0.2, 0.25) is 0 Å². The van der Waals surface area contributed by atoms with Gasteiger partial charge in [0.15, 0.2) is 11.5 Å². The maximum absolute atomic E-state index is 12.9. The van der Waals surface area contributed by atoms with Crippen LogP contribution in [0, 0.1) is 0 Å². The van der Waals surface area contributed by atoms with Gasteiger partial charge < -0.3 is 9.42 Å². The SMILES string of the molecule is Cn1nc(-c2nc(C3CC3)no2)c2c1CCN(C(=O)c1ccc(Cl)cc1)C2. The first-order chi connectivity index (χ1) is 13.1. The van der Waals surface area contributed by atoms with Gasteiger partial charge in [-0.2, -0.15) is 10.1 Å². The van der Waals surface area contributed by atoms with E-state index >= 15 is 0 Å². The topological polar surface area (TPSA) is 77.1 Å². The van der Waals surface area contributed by atoms with Crippen LogP contribution in [0.1, 0.15) is 46.2 Å². The van der Waals surface area contributed by atoms with Gasteiger partial charge in [0.05, 0.1) is 6.54 Å². The summed E-state index contributed by atoms with van der Waals surface area (Å²) >= 11 is 5.93. The van der Waals surface area contributed by atoms with Crippen molar-refractivity contribution in [1.82, 2.24) is 24.8 Å². The van der Waals surface area contributed by atoms with Crippen molar-refractivity contribution < 1.29 is 9.32 Å². The molecule has 0 unspecified atom stereocenters. The zero-order chi connectivity index (χ0) is 18.5. The molecule has 27 heavy (non-hydrogen) atoms. The standard InChI is InChI=1S/C19H18ClN5O2/c1-24-15-8-9-25(19(26)12-4-6-13(20)7-5-12)10-14(15)16(22-24)18-21-17(23-27-18)11-2-3-11/h4-7,11H,2-3,8-10H2,1H3. The molecule has 1 fully saturated rings. The number of rotatable bonds is 3. The lowest BCUT2D eigenvalue weighted by molar-refractivity contribution is 0.0733. The van der Waals surface area contributed by atoms with Crippen LogP contribution in [0.4, 0.5) is 0 Å². The van der Waals surface area contributed by atoms with Gasteiger partial charge in [-0.05, 0) is 37.1 Å². The van der Waals surface area contributed by atoms with E-state index in [0.717, 1.165) is 36.3 Å². The van der Waals surface area contributed by atoms with Gasteiger partial charge in [-0.3, -0.25) is 9.48 Å². The van der Waals surface area contributed by atoms with Crippen LogP contribution in [0.3, 0.4) is 0 Å². The minimum absolute atomic E-state index is 0.0173. The van der Waals surface area contributed by atoms with Gasteiger partial charge >= 0.3 is 0 Å². The summed E-state index contributed by atoms with van der Waals surface area (Å²) in [5.41, 5.74) is 3.40. The number of benzene rings is 1. The molecular weight excluding hydrogens is 366 g/mol. The number of aryl methyl sites for hydroxylation is 1. The predicted molar refractivity (Wildman–Crippen MR) is 98.4 cm³/mol. The molecule has 1 saturated carbocycles. The minimum atomic E-state index is -0.0173. The quantitative estimate of drug-likeness (QED) is 0.694. The summed E-state index contributed by atoms with van der Waals surface area (Å²) in [5, 5.41) is 9.31. The van der Waals surface area contributed by atoms with Crippen LogP contribution in [0.5, 0.6) is 0 Å². The van der Waals surface area contributed by atoms with Crippen molar-refractivity contribution in [2.45, 2.75) is 31.7 Å². The van der Waals surface area contributed by atoms with Crippen LogP contribution >= 0.6 is 11.6 Å². The number of nitrogens with zero attached hydrogens (tertiary/aromatic N) is 5. The van der Waals surface area contributed by atoms with Crippen molar-refractivity contribution in [3.63, 3.8) is 0 Å². The third-order valence-corrected chi connectivity index (χ3v) is 5.46. The Morgan fingerprint density at radius 2 is 2.04 bits per heavy atom. The summed E-state index contributed by atoms with van der Waals surface area (Å²) < 4.78 is 7.33. The molecule has 0 N–H and O–H groups in total. The van der Waals surface area contributed by atoms with Crippen LogP contribution in [0.25, 0.3) is 11.6 Å². The molecule has 3 aromatic rings. The smallest absolute Gasteiger partial charge is 0.278 e. The van der Waals surface area contributed by atoms with Gasteiger partial charge in [-0.25, -0.2) is 0 Å². The van der Waals surface area contributed by atoms with Gasteiger partial charge in [0.25, 0.3) is 11.8 Å². The number of carbonyl (C=O) groups is 1. The van der Waals surface area contributed by atoms with E-state index in [1.807, 2.05) is 16.6 Å². The lowest BCUT2D eigenvalue weighted by Gasteiger charge is -2.27. The monoisotopic (exact) mass is 383 g/mol. The second-order valence-electron chi connectivity index (χ2n) is 7.11. The molecule has 1 aliphatic carbocycles. The van der Waals surface area contributed by atoms with Crippen LogP contribution in [0.2, 0.25) is 5.02 Å². The van der Waals surface area contributed by atoms with Gasteiger partial charge in [0, 0.05) is 47.8 Å². The number of halogens is 1. The Morgan fingerprint density at radius 3 is 2.78 bits per heavy atom. The third kappa shape index (κ3) is 2.92. The van der Waals surface area contributed by atoms with Crippen molar-refractivity contribution in [1.29, 1.82) is 0 Å². The molecular formula is C19H18ClN5O2. The summed E-state index contributed by atoms with van der Waals surface area (Å²) in [7, 11) is 1.91. The average Bonchev–Trinajstić information content (AvgIpc) is 3.33. The number of carbonyl (C=O) groups excluding carboxylic acids is 1. The largest absolute Gasteiger partial charge is 0.334 e. The molecule has 3 heterocycles. The Balaban J connectivity index is 1.45. The maximum Gasteiger partial charge on any atom is 0.278 e. The molecule has 7 nitrogen and oxygen atoms in total. The molecule has 1 amide bonds. The van der Waals surface area contributed by atoms with Crippen LogP contribution in [-0.4, -0.2) is 37.3 Å². The fourth-order valence-corrected chi connectivity index (χ4v) is 3.68. The number of amides is 1. The zero-order valence-corrected chi connectivity index (χ0v) is 15.6. The lowest BCUT2D eigenvalue weighted by Crippen LogP contribution is -2.36. The number of fused-ring (bicyclic) bond motifs is 1. The number of hydrogen-bond donors (Lipinski definition) is 0. The van der Waals surface area contributed by atoms with E-state index in [2.05, 4.69) is 15.2 Å². The molecule has 0 spiro atoms. The van der Waals surface area contributed by atoms with Crippen LogP contribution in [-0.2, 0) is 20.0 Å². The number of aromatic nitrogens is 4. The first kappa shape index (κ1) is 16.5. The molecule has 1 aliphatic heterocycles. The van der Waals surface area contributed by atoms with E-state index < -0.39 is 0 Å². The van der Waals surface area contributed by atoms with E-state index in [1.54, 1.807) is 24.3 Å². The summed E-state index contributed by atoms with van der Waals surface area (Å²) in [6.45, 7) is 1.12. The van der Waals surface area contributed by atoms with Crippen molar-refractivity contribution in [2.75, 3.05) is 6.54 Å². The molecule has 0 saturated heterocycles. The lowest BCUT2D eigenvalue weighted by atomic mass is 10.0. The molecule has 2 aliphatic rings. The summed E-state index contributed by atoms with van der Waals surface area (Å²) in [6, 6.07) is 6.98. The molecule has 5 rings (SSSR count). The fourth-order valence-electron chi connectivity index (χ4n) is 3.55. The summed E-state index contributed by atoms with van der Waals surface area (Å²) in [5.74, 6) is 1.60. The van der Waals surface area contributed by atoms with E-state index in [-0.39, 0.29) is 5.91 Å². The van der Waals surface area contributed by atoms with Gasteiger partial charge in [0.1, 0.15) is 0 Å². The molecule has 0 atom stereocenters. The highest BCUT2D eigenvalue weighted by Gasteiger charge is 2.32. The van der Waals surface area contributed by atoms with Crippen molar-refractivity contribution >= 4 is 17.5 Å². The zero-order valence-electron chi connectivity index (χ0n) is 14.9. The van der Waals surface area contributed by atoms with Gasteiger partial charge in [-0.1, -0.05) is 16.8 Å². The molecule has 0 radical (unpaired) electrons. The van der Waals surface area contributed by atoms with Crippen molar-refractivity contribution in [3.8, 4) is 11.6 Å². The van der Waals surface area contributed by atoms with E-state index in [0.29, 0.717) is 41.2 Å². The Bertz CT molecular complexity index is 1020. The normalized spacial score (nSPS) is 16.4. The van der Waals surface area contributed by atoms with E-state index in [1.165, 1.54) is 0 Å². The Kier molecular flexibility index (Phi) is 3.79. The Hall–Kier alpha value is -2.67. The Morgan fingerprint density at radius 1 is 1.26 bits per heavy atom. The maximum atomic E-state index is 12.9. The van der Waals surface area contributed by atoms with Crippen LogP contribution < -0.4 is 0 Å². The summed E-state index contributed by atoms with van der Waals surface area (Å²) in [6.07, 6.45) is 2.97. The van der Waals surface area contributed by atoms with E-state index in [4.69, 9.17) is 16.1 Å². The second-order valence-corrected chi connectivity index (χ2v) is 7.55. The third-order valence-electron chi connectivity index (χ3n) is 5.21. The van der Waals surface area contributed by atoms with Crippen molar-refractivity contribution in [2.24, 2.45) is 7.05 Å². The molecule has 138 valence electrons. The minimum Gasteiger partial charge on any atom is -0.334 e. The van der Waals surface area contributed by atoms with E-state index in [9.17, 15) is 4.79 Å². The average molecular weight is 384 g/mol. The second kappa shape index (κ2) is 6.20. The molecule has 0 bridgehead atoms. The highest BCUT2D eigenvalue weighted by Crippen LogP contribution is 2.39. The molecule has 2 aromatic heterocycles. The highest BCUT2D eigenvalue weighted by molar-refractivity contribution is 6.30. The molecule has 1 aromatic carbocycles. The molecule has 8 heteroatoms. The first-order valence-corrected chi connectivity index (χ1v) is 9.41. The van der Waals surface area contributed by atoms with Crippen molar-refractivity contribution in [3.05, 3.63) is 51.9 Å². The Labute approximate surface area is 160 Å². The fraction of sp³-hybridized carbons (Fsp3) is 0.368. The first-order valence-electron chi connectivity index (χ1n) is 9.03. The van der Waals surface area contributed by atoms with Gasteiger partial charge in [-0.15, -0.1) is 0 Å². The number of hydrogen-bond acceptors (Lipinski definition) is 5. The summed E-state index contributed by atoms with van der Waals surface area (Å²) in [4.78, 5) is 19.2. The van der Waals surface area contributed by atoms with Crippen LogP contribution in [0.15, 0.2) is 28.8 Å². The predicted octanol–water partition coefficient (Wildman–Crippen LogP) is 3.20. The highest BCUT2D eigenvalue weighted by atomic mass is 35.5.